The van der Waals surface area contributed by atoms with Gasteiger partial charge in [0.15, 0.2) is 11.1 Å². The number of pyridine rings is 1. The minimum absolute atomic E-state index is 0.391. The lowest BCUT2D eigenvalue weighted by molar-refractivity contribution is -1.01. The Bertz CT molecular complexity index is 663. The summed E-state index contributed by atoms with van der Waals surface area (Å²) in [5.41, 5.74) is 0.368. The zero-order chi connectivity index (χ0) is 17.3. The van der Waals surface area contributed by atoms with E-state index in [1.54, 1.807) is 6.20 Å². The molecule has 5 atom stereocenters. The van der Waals surface area contributed by atoms with Crippen molar-refractivity contribution in [3.63, 3.8) is 0 Å². The van der Waals surface area contributed by atoms with Crippen molar-refractivity contribution in [3.8, 4) is 12.1 Å². The fraction of sp³-hybridized carbons (Fsp3) is 0.667. The van der Waals surface area contributed by atoms with Crippen molar-refractivity contribution >= 4 is 0 Å². The predicted octanol–water partition coefficient (Wildman–Crippen LogP) is 2.78. The molecule has 4 rings (SSSR count). The number of hydrogen-bond acceptors (Lipinski definition) is 3. The van der Waals surface area contributed by atoms with Gasteiger partial charge in [-0.2, -0.15) is 10.5 Å². The Hall–Kier alpha value is -1.91. The molecule has 1 aromatic heterocycles. The molecule has 1 aliphatic heterocycles. The Morgan fingerprint density at radius 3 is 2.20 bits per heavy atom. The smallest absolute Gasteiger partial charge is 0.189 e. The standard InChI is InChI=1S/C21H26N4/c22-15-20-9-3-1-7-18(20)12-19-8-2-4-10-21(19,16-23)25(20)14-17-6-5-11-24-13-17/h5-6,11,13,18-19H,1-4,7-10,12,14H2/p+1/t18-,19+,20-,21-/m1/s1. The van der Waals surface area contributed by atoms with Crippen LogP contribution < -0.4 is 4.90 Å². The minimum atomic E-state index is -0.391. The lowest BCUT2D eigenvalue weighted by Gasteiger charge is -2.58. The molecule has 0 aromatic carbocycles. The van der Waals surface area contributed by atoms with Gasteiger partial charge >= 0.3 is 0 Å². The average Bonchev–Trinajstić information content (AvgIpc) is 2.68. The molecule has 3 fully saturated rings. The normalized spacial score (nSPS) is 40.2. The van der Waals surface area contributed by atoms with Gasteiger partial charge < -0.3 is 0 Å². The maximum absolute atomic E-state index is 10.3. The van der Waals surface area contributed by atoms with Gasteiger partial charge in [-0.3, -0.25) is 9.88 Å². The van der Waals surface area contributed by atoms with Gasteiger partial charge in [0, 0.05) is 42.6 Å². The van der Waals surface area contributed by atoms with Gasteiger partial charge in [-0.25, -0.2) is 0 Å². The number of nitrogens with one attached hydrogen (secondary N) is 1. The maximum Gasteiger partial charge on any atom is 0.189 e. The molecule has 2 aliphatic carbocycles. The SMILES string of the molecule is N#C[C@]12CCCC[C@@H]1C[C@@H]1CCCC[C@]1(C#N)[NH+]2Cc1cccnc1. The number of hydrogen-bond donors (Lipinski definition) is 1. The predicted molar refractivity (Wildman–Crippen MR) is 94.1 cm³/mol. The van der Waals surface area contributed by atoms with Crippen LogP contribution in [0.1, 0.15) is 63.4 Å². The summed E-state index contributed by atoms with van der Waals surface area (Å²) < 4.78 is 0. The van der Waals surface area contributed by atoms with Crippen molar-refractivity contribution in [1.29, 1.82) is 10.5 Å². The summed E-state index contributed by atoms with van der Waals surface area (Å²) >= 11 is 0. The topological polar surface area (TPSA) is 64.9 Å². The van der Waals surface area contributed by atoms with E-state index in [9.17, 15) is 10.5 Å². The first-order valence-corrected chi connectivity index (χ1v) is 9.83. The van der Waals surface area contributed by atoms with Crippen molar-refractivity contribution in [1.82, 2.24) is 4.98 Å². The molecule has 1 aromatic rings. The summed E-state index contributed by atoms with van der Waals surface area (Å²) in [6, 6.07) is 9.61. The number of rotatable bonds is 2. The van der Waals surface area contributed by atoms with E-state index in [1.165, 1.54) is 17.7 Å². The van der Waals surface area contributed by atoms with Crippen LogP contribution in [0.5, 0.6) is 0 Å². The molecule has 4 nitrogen and oxygen atoms in total. The lowest BCUT2D eigenvalue weighted by Crippen LogP contribution is -3.28. The first-order valence-electron chi connectivity index (χ1n) is 9.83. The van der Waals surface area contributed by atoms with Crippen LogP contribution in [0.25, 0.3) is 0 Å². The number of quaternary nitrogens is 1. The number of piperidine rings is 1. The number of nitrogens with zero attached hydrogens (tertiary/aromatic N) is 3. The molecule has 0 radical (unpaired) electrons. The Labute approximate surface area is 150 Å². The zero-order valence-electron chi connectivity index (χ0n) is 14.9. The summed E-state index contributed by atoms with van der Waals surface area (Å²) in [7, 11) is 0. The summed E-state index contributed by atoms with van der Waals surface area (Å²) in [4.78, 5) is 5.52. The average molecular weight is 335 g/mol. The van der Waals surface area contributed by atoms with Gasteiger partial charge in [0.1, 0.15) is 18.7 Å². The van der Waals surface area contributed by atoms with Crippen molar-refractivity contribution in [3.05, 3.63) is 30.1 Å². The van der Waals surface area contributed by atoms with Gasteiger partial charge in [-0.1, -0.05) is 18.9 Å². The molecule has 25 heavy (non-hydrogen) atoms. The largest absolute Gasteiger partial charge is 0.297 e. The highest BCUT2D eigenvalue weighted by molar-refractivity contribution is 5.19. The molecule has 2 saturated carbocycles. The Balaban J connectivity index is 1.81. The Kier molecular flexibility index (Phi) is 4.26. The lowest BCUT2D eigenvalue weighted by atomic mass is 9.57. The molecular weight excluding hydrogens is 308 g/mol. The molecule has 1 saturated heterocycles. The molecule has 2 heterocycles. The number of nitriles is 2. The first kappa shape index (κ1) is 16.6. The van der Waals surface area contributed by atoms with Gasteiger partial charge in [0.25, 0.3) is 0 Å². The molecule has 0 spiro atoms. The third-order valence-corrected chi connectivity index (χ3v) is 7.29. The van der Waals surface area contributed by atoms with Crippen LogP contribution in [0, 0.1) is 34.5 Å². The third-order valence-electron chi connectivity index (χ3n) is 7.29. The third kappa shape index (κ3) is 2.47. The summed E-state index contributed by atoms with van der Waals surface area (Å²) in [6.45, 7) is 0.752. The quantitative estimate of drug-likeness (QED) is 0.904. The number of aromatic nitrogens is 1. The van der Waals surface area contributed by atoms with E-state index in [0.29, 0.717) is 11.8 Å². The van der Waals surface area contributed by atoms with E-state index in [-0.39, 0.29) is 0 Å². The Morgan fingerprint density at radius 2 is 1.68 bits per heavy atom. The van der Waals surface area contributed by atoms with E-state index in [2.05, 4.69) is 23.2 Å². The monoisotopic (exact) mass is 335 g/mol. The van der Waals surface area contributed by atoms with E-state index in [4.69, 9.17) is 0 Å². The minimum Gasteiger partial charge on any atom is -0.297 e. The van der Waals surface area contributed by atoms with Crippen LogP contribution in [0.3, 0.4) is 0 Å². The second kappa shape index (κ2) is 6.43. The summed E-state index contributed by atoms with van der Waals surface area (Å²) in [6.07, 6.45) is 13.7. The molecule has 0 amide bonds. The summed E-state index contributed by atoms with van der Waals surface area (Å²) in [5, 5.41) is 20.7. The van der Waals surface area contributed by atoms with Crippen molar-refractivity contribution in [2.75, 3.05) is 0 Å². The van der Waals surface area contributed by atoms with Crippen LogP contribution in [0.15, 0.2) is 24.5 Å². The molecule has 1 unspecified atom stereocenters. The van der Waals surface area contributed by atoms with Crippen molar-refractivity contribution in [2.24, 2.45) is 11.8 Å². The van der Waals surface area contributed by atoms with Gasteiger partial charge in [-0.15, -0.1) is 0 Å². The van der Waals surface area contributed by atoms with Crippen molar-refractivity contribution < 1.29 is 4.90 Å². The molecule has 0 bridgehead atoms. The second-order valence-corrected chi connectivity index (χ2v) is 8.30. The second-order valence-electron chi connectivity index (χ2n) is 8.30. The molecular formula is C21H27N4+. The zero-order valence-corrected chi connectivity index (χ0v) is 14.9. The first-order chi connectivity index (χ1) is 12.2. The van der Waals surface area contributed by atoms with Crippen molar-refractivity contribution in [2.45, 2.75) is 75.4 Å². The molecule has 4 heteroatoms. The highest BCUT2D eigenvalue weighted by Crippen LogP contribution is 2.47. The van der Waals surface area contributed by atoms with E-state index >= 15 is 0 Å². The van der Waals surface area contributed by atoms with Crippen LogP contribution in [0.4, 0.5) is 0 Å². The van der Waals surface area contributed by atoms with E-state index < -0.39 is 11.1 Å². The van der Waals surface area contributed by atoms with Crippen LogP contribution in [0.2, 0.25) is 0 Å². The summed E-state index contributed by atoms with van der Waals surface area (Å²) in [5.74, 6) is 0.894. The highest BCUT2D eigenvalue weighted by Gasteiger charge is 2.65. The van der Waals surface area contributed by atoms with Crippen LogP contribution in [-0.2, 0) is 6.54 Å². The molecule has 3 aliphatic rings. The van der Waals surface area contributed by atoms with Gasteiger partial charge in [-0.05, 0) is 38.2 Å². The molecule has 130 valence electrons. The Morgan fingerprint density at radius 1 is 1.04 bits per heavy atom. The van der Waals surface area contributed by atoms with E-state index in [0.717, 1.165) is 57.1 Å². The fourth-order valence-electron chi connectivity index (χ4n) is 6.12. The maximum atomic E-state index is 10.3. The fourth-order valence-corrected chi connectivity index (χ4v) is 6.12. The van der Waals surface area contributed by atoms with Crippen LogP contribution >= 0.6 is 0 Å². The molecule has 1 N–H and O–H groups in total. The van der Waals surface area contributed by atoms with Gasteiger partial charge in [0.2, 0.25) is 0 Å². The number of likely N-dealkylation sites (tertiary alicyclic amines) is 1. The van der Waals surface area contributed by atoms with Gasteiger partial charge in [0.05, 0.1) is 0 Å². The highest BCUT2D eigenvalue weighted by atomic mass is 15.3. The van der Waals surface area contributed by atoms with E-state index in [1.807, 2.05) is 12.3 Å². The van der Waals surface area contributed by atoms with Crippen LogP contribution in [-0.4, -0.2) is 16.1 Å². The number of fused-ring (bicyclic) bond motifs is 2.